The number of nitrogen functional groups attached to an aromatic ring is 1. The summed E-state index contributed by atoms with van der Waals surface area (Å²) in [6.45, 7) is 1.29. The molecule has 1 aliphatic rings. The molecule has 6 rings (SSSR count). The summed E-state index contributed by atoms with van der Waals surface area (Å²) in [5.41, 5.74) is 4.08. The summed E-state index contributed by atoms with van der Waals surface area (Å²) in [6, 6.07) is 11.5. The molecule has 34 heavy (non-hydrogen) atoms. The number of piperazine rings is 1. The highest BCUT2D eigenvalue weighted by molar-refractivity contribution is 5.90. The van der Waals surface area contributed by atoms with E-state index in [0.29, 0.717) is 46.8 Å². The highest BCUT2D eigenvalue weighted by atomic mass is 19.1. The zero-order valence-electron chi connectivity index (χ0n) is 17.8. The smallest absolute Gasteiger partial charge is 0.344 e. The van der Waals surface area contributed by atoms with E-state index in [-0.39, 0.29) is 18.3 Å². The number of rotatable bonds is 3. The number of anilines is 1. The molecule has 0 spiro atoms. The van der Waals surface area contributed by atoms with Crippen LogP contribution in [0.2, 0.25) is 0 Å². The predicted molar refractivity (Wildman–Crippen MR) is 125 cm³/mol. The Morgan fingerprint density at radius 1 is 1.06 bits per heavy atom. The first kappa shape index (κ1) is 20.0. The summed E-state index contributed by atoms with van der Waals surface area (Å²) in [5, 5.41) is 2.81. The van der Waals surface area contributed by atoms with Crippen LogP contribution in [0.15, 0.2) is 59.7 Å². The fourth-order valence-corrected chi connectivity index (χ4v) is 4.36. The molecule has 5 aromatic rings. The summed E-state index contributed by atoms with van der Waals surface area (Å²) in [5.74, 6) is 6.07. The van der Waals surface area contributed by atoms with E-state index >= 15 is 0 Å². The van der Waals surface area contributed by atoms with Gasteiger partial charge in [-0.05, 0) is 36.4 Å². The summed E-state index contributed by atoms with van der Waals surface area (Å²) in [7, 11) is 0. The molecule has 1 fully saturated rings. The fourth-order valence-electron chi connectivity index (χ4n) is 4.36. The van der Waals surface area contributed by atoms with Crippen LogP contribution in [-0.4, -0.2) is 49.6 Å². The minimum absolute atomic E-state index is 0.0839. The zero-order chi connectivity index (χ0) is 23.4. The van der Waals surface area contributed by atoms with E-state index in [2.05, 4.69) is 15.3 Å². The van der Waals surface area contributed by atoms with Crippen LogP contribution in [0.25, 0.3) is 39.2 Å². The van der Waals surface area contributed by atoms with Crippen molar-refractivity contribution in [1.82, 2.24) is 29.3 Å². The molecule has 1 aliphatic heterocycles. The van der Waals surface area contributed by atoms with Gasteiger partial charge in [0, 0.05) is 36.6 Å². The molecule has 3 aromatic heterocycles. The summed E-state index contributed by atoms with van der Waals surface area (Å²) >= 11 is 0. The third-order valence-corrected chi connectivity index (χ3v) is 5.97. The number of nitrogens with two attached hydrogens (primary N) is 1. The normalized spacial score (nSPS) is 14.1. The van der Waals surface area contributed by atoms with Crippen molar-refractivity contribution >= 4 is 28.4 Å². The maximum atomic E-state index is 13.7. The van der Waals surface area contributed by atoms with Crippen LogP contribution in [0.5, 0.6) is 0 Å². The van der Waals surface area contributed by atoms with E-state index in [0.717, 1.165) is 15.9 Å². The van der Waals surface area contributed by atoms with Crippen LogP contribution < -0.4 is 21.7 Å². The SMILES string of the molecule is Nn1c(=O)[nH]c2ccc(-c3c(-c4ccc(F)cc4)nc4c(N5CCNC(=O)C5)nccn34)cc21. The highest BCUT2D eigenvalue weighted by Crippen LogP contribution is 2.36. The molecule has 0 aliphatic carbocycles. The van der Waals surface area contributed by atoms with Crippen molar-refractivity contribution in [2.75, 3.05) is 30.4 Å². The van der Waals surface area contributed by atoms with Gasteiger partial charge in [0.25, 0.3) is 0 Å². The maximum Gasteiger partial charge on any atom is 0.344 e. The molecule has 0 bridgehead atoms. The maximum absolute atomic E-state index is 13.7. The number of amides is 1. The molecule has 0 radical (unpaired) electrons. The average Bonchev–Trinajstić information content (AvgIpc) is 3.36. The predicted octanol–water partition coefficient (Wildman–Crippen LogP) is 1.50. The number of carbonyl (C=O) groups excluding carboxylic acids is 1. The lowest BCUT2D eigenvalue weighted by Gasteiger charge is -2.27. The molecule has 2 aromatic carbocycles. The molecule has 1 amide bonds. The van der Waals surface area contributed by atoms with Gasteiger partial charge in [-0.15, -0.1) is 0 Å². The van der Waals surface area contributed by atoms with Crippen LogP contribution >= 0.6 is 0 Å². The van der Waals surface area contributed by atoms with Gasteiger partial charge >= 0.3 is 5.69 Å². The van der Waals surface area contributed by atoms with E-state index in [1.807, 2.05) is 15.4 Å². The number of nitrogens with zero attached hydrogens (tertiary/aromatic N) is 5. The Balaban J connectivity index is 1.63. The van der Waals surface area contributed by atoms with Crippen LogP contribution in [0, 0.1) is 5.82 Å². The van der Waals surface area contributed by atoms with Gasteiger partial charge in [0.15, 0.2) is 11.5 Å². The Bertz CT molecular complexity index is 1630. The minimum Gasteiger partial charge on any atom is -0.353 e. The molecule has 0 saturated carbocycles. The van der Waals surface area contributed by atoms with Gasteiger partial charge in [0.1, 0.15) is 5.82 Å². The molecular formula is C23H19FN8O2. The van der Waals surface area contributed by atoms with E-state index < -0.39 is 5.69 Å². The zero-order valence-corrected chi connectivity index (χ0v) is 17.8. The lowest BCUT2D eigenvalue weighted by atomic mass is 10.0. The Morgan fingerprint density at radius 3 is 2.65 bits per heavy atom. The van der Waals surface area contributed by atoms with Gasteiger partial charge in [-0.3, -0.25) is 9.20 Å². The second-order valence-corrected chi connectivity index (χ2v) is 8.06. The number of H-pyrrole nitrogens is 1. The minimum atomic E-state index is -0.418. The number of aromatic amines is 1. The molecular weight excluding hydrogens is 439 g/mol. The number of hydrogen-bond acceptors (Lipinski definition) is 6. The first-order chi connectivity index (χ1) is 16.5. The molecule has 170 valence electrons. The van der Waals surface area contributed by atoms with E-state index in [9.17, 15) is 14.0 Å². The number of imidazole rings is 2. The Labute approximate surface area is 191 Å². The van der Waals surface area contributed by atoms with Crippen molar-refractivity contribution in [1.29, 1.82) is 0 Å². The molecule has 0 atom stereocenters. The molecule has 11 heteroatoms. The Hall–Kier alpha value is -4.67. The van der Waals surface area contributed by atoms with Gasteiger partial charge in [-0.1, -0.05) is 6.07 Å². The largest absolute Gasteiger partial charge is 0.353 e. The first-order valence-corrected chi connectivity index (χ1v) is 10.6. The van der Waals surface area contributed by atoms with Crippen LogP contribution in [0.1, 0.15) is 0 Å². The first-order valence-electron chi connectivity index (χ1n) is 10.6. The number of carbonyl (C=O) groups is 1. The Morgan fingerprint density at radius 2 is 1.85 bits per heavy atom. The van der Waals surface area contributed by atoms with Crippen molar-refractivity contribution < 1.29 is 9.18 Å². The number of hydrogen-bond donors (Lipinski definition) is 3. The molecule has 4 N–H and O–H groups in total. The molecule has 1 saturated heterocycles. The number of aromatic nitrogens is 5. The standard InChI is InChI=1S/C23H19FN8O2/c24-15-4-1-13(2-5-15)19-20(14-3-6-16-17(11-14)32(25)23(34)28-16)31-10-8-27-21(22(31)29-19)30-9-7-26-18(33)12-30/h1-6,8,10-11H,7,9,12,25H2,(H,26,33)(H,28,34). The third-order valence-electron chi connectivity index (χ3n) is 5.97. The van der Waals surface area contributed by atoms with Crippen molar-refractivity contribution in [3.8, 4) is 22.5 Å². The van der Waals surface area contributed by atoms with E-state index in [1.165, 1.54) is 12.1 Å². The quantitative estimate of drug-likeness (QED) is 0.352. The van der Waals surface area contributed by atoms with Crippen molar-refractivity contribution in [3.05, 3.63) is 71.2 Å². The lowest BCUT2D eigenvalue weighted by molar-refractivity contribution is -0.120. The van der Waals surface area contributed by atoms with Crippen molar-refractivity contribution in [3.63, 3.8) is 0 Å². The van der Waals surface area contributed by atoms with Gasteiger partial charge < -0.3 is 21.0 Å². The number of fused-ring (bicyclic) bond motifs is 2. The summed E-state index contributed by atoms with van der Waals surface area (Å²) < 4.78 is 16.6. The van der Waals surface area contributed by atoms with Gasteiger partial charge in [0.05, 0.1) is 29.0 Å². The fraction of sp³-hybridized carbons (Fsp3) is 0.130. The Kier molecular flexibility index (Phi) is 4.37. The molecule has 4 heterocycles. The van der Waals surface area contributed by atoms with E-state index in [1.54, 1.807) is 36.7 Å². The van der Waals surface area contributed by atoms with E-state index in [4.69, 9.17) is 10.8 Å². The highest BCUT2D eigenvalue weighted by Gasteiger charge is 2.24. The van der Waals surface area contributed by atoms with Gasteiger partial charge in [-0.25, -0.2) is 23.8 Å². The third kappa shape index (κ3) is 3.09. The molecule has 10 nitrogen and oxygen atoms in total. The van der Waals surface area contributed by atoms with Crippen LogP contribution in [-0.2, 0) is 4.79 Å². The van der Waals surface area contributed by atoms with Crippen molar-refractivity contribution in [2.45, 2.75) is 0 Å². The second kappa shape index (κ2) is 7.44. The molecule has 0 unspecified atom stereocenters. The lowest BCUT2D eigenvalue weighted by Crippen LogP contribution is -2.48. The number of halogens is 1. The second-order valence-electron chi connectivity index (χ2n) is 8.06. The van der Waals surface area contributed by atoms with Crippen molar-refractivity contribution in [2.24, 2.45) is 0 Å². The number of benzene rings is 2. The van der Waals surface area contributed by atoms with Gasteiger partial charge in [-0.2, -0.15) is 0 Å². The number of nitrogens with one attached hydrogen (secondary N) is 2. The van der Waals surface area contributed by atoms with Crippen LogP contribution in [0.3, 0.4) is 0 Å². The summed E-state index contributed by atoms with van der Waals surface area (Å²) in [4.78, 5) is 38.0. The topological polar surface area (TPSA) is 126 Å². The summed E-state index contributed by atoms with van der Waals surface area (Å²) in [6.07, 6.45) is 3.44. The van der Waals surface area contributed by atoms with Crippen LogP contribution in [0.4, 0.5) is 10.2 Å². The van der Waals surface area contributed by atoms with Gasteiger partial charge in [0.2, 0.25) is 5.91 Å². The monoisotopic (exact) mass is 458 g/mol. The average molecular weight is 458 g/mol.